The summed E-state index contributed by atoms with van der Waals surface area (Å²) in [5, 5.41) is 15.5. The van der Waals surface area contributed by atoms with Crippen LogP contribution in [0.2, 0.25) is 0 Å². The number of benzene rings is 2. The molecule has 2 N–H and O–H groups in total. The zero-order valence-corrected chi connectivity index (χ0v) is 30.8. The molecule has 0 radical (unpaired) electrons. The summed E-state index contributed by atoms with van der Waals surface area (Å²) in [6, 6.07) is 18.1. The van der Waals surface area contributed by atoms with Crippen LogP contribution >= 0.6 is 0 Å². The van der Waals surface area contributed by atoms with Gasteiger partial charge in [-0.15, -0.1) is 10.2 Å². The SMILES string of the molecule is CN1CCC[C@@]1(C)c1nnc2ccc(O[C@@H]3CC[C@H](NC(=O)Nc4cc(COCCN5CCOCC5)cc(C(C)(C)C)c4)c4ccccc43)cn12. The Hall–Kier alpha value is -4.03. The lowest BCUT2D eigenvalue weighted by atomic mass is 9.85. The fourth-order valence-corrected chi connectivity index (χ4v) is 7.69. The first-order chi connectivity index (χ1) is 24.6. The molecule has 3 aliphatic rings. The molecule has 11 nitrogen and oxygen atoms in total. The van der Waals surface area contributed by atoms with Crippen molar-refractivity contribution >= 4 is 17.4 Å². The number of hydrogen-bond donors (Lipinski definition) is 2. The van der Waals surface area contributed by atoms with Gasteiger partial charge in [0.05, 0.1) is 44.2 Å². The summed E-state index contributed by atoms with van der Waals surface area (Å²) in [4.78, 5) is 18.3. The number of rotatable bonds is 10. The van der Waals surface area contributed by atoms with E-state index in [1.54, 1.807) is 0 Å². The number of morpholine rings is 1. The van der Waals surface area contributed by atoms with Crippen LogP contribution in [0.5, 0.6) is 5.75 Å². The fourth-order valence-electron chi connectivity index (χ4n) is 7.69. The van der Waals surface area contributed by atoms with E-state index < -0.39 is 0 Å². The summed E-state index contributed by atoms with van der Waals surface area (Å²) in [7, 11) is 2.16. The molecule has 2 aliphatic heterocycles. The van der Waals surface area contributed by atoms with Gasteiger partial charge in [-0.1, -0.05) is 51.1 Å². The molecule has 4 aromatic rings. The van der Waals surface area contributed by atoms with Crippen LogP contribution in [0.1, 0.15) is 93.6 Å². The molecule has 2 fully saturated rings. The molecule has 1 aliphatic carbocycles. The molecule has 2 aromatic carbocycles. The third-order valence-corrected chi connectivity index (χ3v) is 10.9. The van der Waals surface area contributed by atoms with Gasteiger partial charge >= 0.3 is 6.03 Å². The van der Waals surface area contributed by atoms with Crippen molar-refractivity contribution < 1.29 is 19.0 Å². The zero-order valence-electron chi connectivity index (χ0n) is 30.8. The molecule has 51 heavy (non-hydrogen) atoms. The van der Waals surface area contributed by atoms with Gasteiger partial charge < -0.3 is 24.8 Å². The summed E-state index contributed by atoms with van der Waals surface area (Å²) >= 11 is 0. The highest BCUT2D eigenvalue weighted by atomic mass is 16.5. The van der Waals surface area contributed by atoms with Crippen LogP contribution in [0, 0.1) is 0 Å². The Bertz CT molecular complexity index is 1830. The maximum absolute atomic E-state index is 13.5. The number of nitrogens with one attached hydrogen (secondary N) is 2. The average molecular weight is 696 g/mol. The van der Waals surface area contributed by atoms with E-state index in [4.69, 9.17) is 14.2 Å². The van der Waals surface area contributed by atoms with Crippen LogP contribution in [0.4, 0.5) is 10.5 Å². The van der Waals surface area contributed by atoms with Gasteiger partial charge in [-0.2, -0.15) is 0 Å². The highest BCUT2D eigenvalue weighted by Gasteiger charge is 2.40. The van der Waals surface area contributed by atoms with Gasteiger partial charge in [-0.05, 0) is 98.1 Å². The number of carbonyl (C=O) groups excluding carboxylic acids is 1. The van der Waals surface area contributed by atoms with Crippen molar-refractivity contribution in [2.45, 2.75) is 83.1 Å². The Labute approximate surface area is 301 Å². The zero-order chi connectivity index (χ0) is 35.6. The maximum atomic E-state index is 13.5. The van der Waals surface area contributed by atoms with Crippen molar-refractivity contribution in [2.75, 3.05) is 58.4 Å². The van der Waals surface area contributed by atoms with Crippen molar-refractivity contribution in [2.24, 2.45) is 0 Å². The van der Waals surface area contributed by atoms with Gasteiger partial charge in [0, 0.05) is 25.3 Å². The number of anilines is 1. The van der Waals surface area contributed by atoms with Crippen molar-refractivity contribution in [3.8, 4) is 5.75 Å². The van der Waals surface area contributed by atoms with E-state index in [2.05, 4.69) is 94.0 Å². The molecule has 0 spiro atoms. The predicted octanol–water partition coefficient (Wildman–Crippen LogP) is 6.59. The van der Waals surface area contributed by atoms with E-state index in [9.17, 15) is 4.79 Å². The molecule has 2 saturated heterocycles. The molecule has 7 rings (SSSR count). The fraction of sp³-hybridized carbons (Fsp3) is 0.525. The Morgan fingerprint density at radius 1 is 1.02 bits per heavy atom. The number of pyridine rings is 1. The monoisotopic (exact) mass is 695 g/mol. The van der Waals surface area contributed by atoms with E-state index in [1.807, 2.05) is 36.5 Å². The minimum absolute atomic E-state index is 0.0840. The molecule has 2 amide bonds. The minimum atomic E-state index is -0.226. The van der Waals surface area contributed by atoms with Crippen LogP contribution < -0.4 is 15.4 Å². The van der Waals surface area contributed by atoms with Gasteiger partial charge in [0.1, 0.15) is 11.9 Å². The van der Waals surface area contributed by atoms with E-state index in [-0.39, 0.29) is 29.1 Å². The van der Waals surface area contributed by atoms with Crippen LogP contribution in [0.15, 0.2) is 60.8 Å². The number of ether oxygens (including phenoxy) is 3. The third-order valence-electron chi connectivity index (χ3n) is 10.9. The molecule has 0 saturated carbocycles. The topological polar surface area (TPSA) is 105 Å². The summed E-state index contributed by atoms with van der Waals surface area (Å²) in [6.07, 6.45) is 5.58. The first-order valence-electron chi connectivity index (χ1n) is 18.5. The number of carbonyl (C=O) groups is 1. The number of hydrogen-bond acceptors (Lipinski definition) is 8. The molecule has 4 heterocycles. The van der Waals surface area contributed by atoms with Crippen molar-refractivity contribution in [1.29, 1.82) is 0 Å². The first-order valence-corrected chi connectivity index (χ1v) is 18.5. The molecule has 3 atom stereocenters. The lowest BCUT2D eigenvalue weighted by Gasteiger charge is -2.32. The molecule has 0 bridgehead atoms. The normalized spacial score (nSPS) is 22.9. The number of amides is 2. The van der Waals surface area contributed by atoms with Crippen molar-refractivity contribution in [3.63, 3.8) is 0 Å². The number of aromatic nitrogens is 3. The largest absolute Gasteiger partial charge is 0.484 e. The highest BCUT2D eigenvalue weighted by Crippen LogP contribution is 2.40. The second kappa shape index (κ2) is 14.9. The van der Waals surface area contributed by atoms with E-state index in [1.165, 1.54) is 0 Å². The van der Waals surface area contributed by atoms with Crippen LogP contribution in [0.3, 0.4) is 0 Å². The average Bonchev–Trinajstić information content (AvgIpc) is 3.70. The predicted molar refractivity (Wildman–Crippen MR) is 198 cm³/mol. The minimum Gasteiger partial charge on any atom is -0.484 e. The molecule has 0 unspecified atom stereocenters. The number of likely N-dealkylation sites (tertiary alicyclic amines) is 1. The molecule has 272 valence electrons. The quantitative estimate of drug-likeness (QED) is 0.179. The Morgan fingerprint density at radius 3 is 2.59 bits per heavy atom. The second-order valence-electron chi connectivity index (χ2n) is 15.6. The van der Waals surface area contributed by atoms with Gasteiger partial charge in [-0.3, -0.25) is 14.2 Å². The van der Waals surface area contributed by atoms with Crippen LogP contribution in [-0.2, 0) is 27.0 Å². The first kappa shape index (κ1) is 35.4. The number of nitrogens with zero attached hydrogens (tertiary/aromatic N) is 5. The molecular weight excluding hydrogens is 642 g/mol. The van der Waals surface area contributed by atoms with Crippen molar-refractivity contribution in [3.05, 3.63) is 88.9 Å². The second-order valence-corrected chi connectivity index (χ2v) is 15.6. The smallest absolute Gasteiger partial charge is 0.319 e. The number of fused-ring (bicyclic) bond motifs is 2. The Morgan fingerprint density at radius 2 is 1.82 bits per heavy atom. The van der Waals surface area contributed by atoms with E-state index in [0.717, 1.165) is 110 Å². The summed E-state index contributed by atoms with van der Waals surface area (Å²) in [5.74, 6) is 1.72. The summed E-state index contributed by atoms with van der Waals surface area (Å²) in [6.45, 7) is 15.3. The maximum Gasteiger partial charge on any atom is 0.319 e. The van der Waals surface area contributed by atoms with Gasteiger partial charge in [0.25, 0.3) is 0 Å². The highest BCUT2D eigenvalue weighted by molar-refractivity contribution is 5.89. The van der Waals surface area contributed by atoms with Crippen LogP contribution in [-0.4, -0.2) is 83.5 Å². The molecule has 11 heteroatoms. The number of urea groups is 1. The summed E-state index contributed by atoms with van der Waals surface area (Å²) in [5.41, 5.74) is 5.69. The van der Waals surface area contributed by atoms with Crippen LogP contribution in [0.25, 0.3) is 5.65 Å². The standard InChI is InChI=1S/C40H53N7O4/c1-39(2,3)29-23-28(27-50-22-19-46-17-20-49-21-18-46)24-30(25-29)41-38(48)42-34-12-13-35(33-10-7-6-9-32(33)34)51-31-11-14-36-43-44-37(47(36)26-31)40(4)15-8-16-45(40)5/h6-7,9-11,14,23-26,34-35H,8,12-13,15-22,27H2,1-5H3,(H2,41,42,48)/t34-,35+,40-/m0/s1. The lowest BCUT2D eigenvalue weighted by Crippen LogP contribution is -2.38. The molecular formula is C40H53N7O4. The van der Waals surface area contributed by atoms with E-state index in [0.29, 0.717) is 13.2 Å². The Kier molecular flexibility index (Phi) is 10.3. The third kappa shape index (κ3) is 7.91. The lowest BCUT2D eigenvalue weighted by molar-refractivity contribution is 0.0180. The van der Waals surface area contributed by atoms with E-state index >= 15 is 0 Å². The summed E-state index contributed by atoms with van der Waals surface area (Å²) < 4.78 is 20.3. The van der Waals surface area contributed by atoms with Gasteiger partial charge in [0.15, 0.2) is 11.5 Å². The van der Waals surface area contributed by atoms with Crippen molar-refractivity contribution in [1.82, 2.24) is 29.7 Å². The van der Waals surface area contributed by atoms with Gasteiger partial charge in [-0.25, -0.2) is 4.79 Å². The molecule has 2 aromatic heterocycles. The van der Waals surface area contributed by atoms with Gasteiger partial charge in [0.2, 0.25) is 0 Å². The Balaban J connectivity index is 1.01.